The number of alkyl halides is 8. The molecule has 0 spiro atoms. The Kier molecular flexibility index (Phi) is 4.13. The molecule has 12 heavy (non-hydrogen) atoms. The summed E-state index contributed by atoms with van der Waals surface area (Å²) in [5, 5.41) is -3.69. The van der Waals surface area contributed by atoms with Crippen molar-refractivity contribution >= 4 is 58.0 Å². The van der Waals surface area contributed by atoms with Crippen LogP contribution in [0.5, 0.6) is 0 Å². The Labute approximate surface area is 90.6 Å². The number of hydrogen-bond donors (Lipinski definition) is 0. The Balaban J connectivity index is 4.44. The smallest absolute Gasteiger partial charge is 0.252 e. The van der Waals surface area contributed by atoms with Crippen LogP contribution >= 0.6 is 58.0 Å². The van der Waals surface area contributed by atoms with Gasteiger partial charge in [-0.3, -0.25) is 4.74 Å². The van der Waals surface area contributed by atoms with E-state index in [1.165, 1.54) is 0 Å². The standard InChI is InChI=1S/C3Cl5F3O/c4-1(5,6)2(7,9)12-3(8,10)11. The molecule has 0 aliphatic carbocycles. The van der Waals surface area contributed by atoms with Gasteiger partial charge in [-0.2, -0.15) is 13.2 Å². The molecule has 0 aliphatic heterocycles. The van der Waals surface area contributed by atoms with Crippen LogP contribution in [-0.4, -0.2) is 14.7 Å². The van der Waals surface area contributed by atoms with Crippen LogP contribution in [0.2, 0.25) is 0 Å². The predicted molar refractivity (Wildman–Crippen MR) is 41.9 cm³/mol. The van der Waals surface area contributed by atoms with Crippen LogP contribution in [0.25, 0.3) is 0 Å². The van der Waals surface area contributed by atoms with Gasteiger partial charge in [-0.05, 0) is 23.2 Å². The molecule has 0 bridgehead atoms. The second kappa shape index (κ2) is 3.75. The van der Waals surface area contributed by atoms with E-state index in [4.69, 9.17) is 34.8 Å². The van der Waals surface area contributed by atoms with Crippen LogP contribution in [-0.2, 0) is 4.74 Å². The van der Waals surface area contributed by atoms with Crippen molar-refractivity contribution in [3.05, 3.63) is 0 Å². The van der Waals surface area contributed by atoms with Crippen molar-refractivity contribution in [3.63, 3.8) is 0 Å². The molecule has 74 valence electrons. The lowest BCUT2D eigenvalue weighted by Gasteiger charge is -2.26. The molecule has 9 heteroatoms. The topological polar surface area (TPSA) is 9.23 Å². The second-order valence-electron chi connectivity index (χ2n) is 1.56. The van der Waals surface area contributed by atoms with Gasteiger partial charge in [0.15, 0.2) is 0 Å². The van der Waals surface area contributed by atoms with Crippen molar-refractivity contribution < 1.29 is 17.9 Å². The highest BCUT2D eigenvalue weighted by Gasteiger charge is 2.55. The summed E-state index contributed by atoms with van der Waals surface area (Å²) in [6, 6.07) is 0. The molecule has 0 rings (SSSR count). The van der Waals surface area contributed by atoms with Crippen LogP contribution in [0.15, 0.2) is 0 Å². The fourth-order valence-electron chi connectivity index (χ4n) is 0.203. The molecule has 1 nitrogen and oxygen atoms in total. The van der Waals surface area contributed by atoms with Crippen molar-refractivity contribution in [2.45, 2.75) is 14.7 Å². The Hall–Kier alpha value is 1.20. The SMILES string of the molecule is FC(F)(Cl)OC(F)(Cl)C(Cl)(Cl)Cl. The van der Waals surface area contributed by atoms with Crippen LogP contribution in [0.4, 0.5) is 13.2 Å². The lowest BCUT2D eigenvalue weighted by atomic mass is 10.7. The third kappa shape index (κ3) is 4.44. The molecule has 0 amide bonds. The van der Waals surface area contributed by atoms with Crippen molar-refractivity contribution in [3.8, 4) is 0 Å². The molecule has 0 saturated carbocycles. The first kappa shape index (κ1) is 13.2. The van der Waals surface area contributed by atoms with Crippen molar-refractivity contribution in [2.24, 2.45) is 0 Å². The number of rotatable bonds is 2. The van der Waals surface area contributed by atoms with Gasteiger partial charge in [0, 0.05) is 0 Å². The summed E-state index contributed by atoms with van der Waals surface area (Å²) >= 11 is 23.3. The summed E-state index contributed by atoms with van der Waals surface area (Å²) in [4.78, 5) is 0. The molecule has 0 aromatic carbocycles. The fourth-order valence-corrected chi connectivity index (χ4v) is 0.562. The van der Waals surface area contributed by atoms with Gasteiger partial charge in [0.1, 0.15) is 0 Å². The van der Waals surface area contributed by atoms with Gasteiger partial charge in [-0.1, -0.05) is 34.8 Å². The van der Waals surface area contributed by atoms with E-state index >= 15 is 0 Å². The Morgan fingerprint density at radius 1 is 0.833 bits per heavy atom. The Morgan fingerprint density at radius 3 is 1.25 bits per heavy atom. The van der Waals surface area contributed by atoms with E-state index in [1.807, 2.05) is 0 Å². The van der Waals surface area contributed by atoms with Gasteiger partial charge in [-0.25, -0.2) is 0 Å². The van der Waals surface area contributed by atoms with Crippen molar-refractivity contribution in [1.29, 1.82) is 0 Å². The predicted octanol–water partition coefficient (Wildman–Crippen LogP) is 4.02. The van der Waals surface area contributed by atoms with E-state index in [-0.39, 0.29) is 0 Å². The highest BCUT2D eigenvalue weighted by molar-refractivity contribution is 6.70. The Morgan fingerprint density at radius 2 is 1.17 bits per heavy atom. The summed E-state index contributed by atoms with van der Waals surface area (Å²) in [7, 11) is 0. The van der Waals surface area contributed by atoms with Gasteiger partial charge >= 0.3 is 10.9 Å². The maximum absolute atomic E-state index is 12.7. The zero-order valence-corrected chi connectivity index (χ0v) is 8.71. The van der Waals surface area contributed by atoms with Gasteiger partial charge < -0.3 is 0 Å². The fraction of sp³-hybridized carbons (Fsp3) is 1.00. The summed E-state index contributed by atoms with van der Waals surface area (Å²) in [6.45, 7) is 0. The van der Waals surface area contributed by atoms with Gasteiger partial charge in [0.2, 0.25) is 0 Å². The summed E-state index contributed by atoms with van der Waals surface area (Å²) in [5.41, 5.74) is -4.35. The largest absolute Gasteiger partial charge is 0.444 e. The monoisotopic (exact) mass is 284 g/mol. The highest BCUT2D eigenvalue weighted by Crippen LogP contribution is 2.47. The summed E-state index contributed by atoms with van der Waals surface area (Å²) in [6.07, 6.45) is 0. The van der Waals surface area contributed by atoms with Crippen molar-refractivity contribution in [2.75, 3.05) is 0 Å². The molecule has 0 fully saturated rings. The first-order valence-corrected chi connectivity index (χ1v) is 4.06. The first-order valence-electron chi connectivity index (χ1n) is 2.17. The second-order valence-corrected chi connectivity index (χ2v) is 4.77. The number of halogens is 8. The molecule has 1 atom stereocenters. The molecular formula is C3Cl5F3O. The van der Waals surface area contributed by atoms with Crippen LogP contribution in [0.1, 0.15) is 0 Å². The molecule has 0 aliphatic rings. The maximum Gasteiger partial charge on any atom is 0.444 e. The molecule has 0 aromatic rings. The lowest BCUT2D eigenvalue weighted by Crippen LogP contribution is -2.39. The maximum atomic E-state index is 12.7. The average Bonchev–Trinajstić information content (AvgIpc) is 1.52. The number of ether oxygens (including phenoxy) is 1. The number of hydrogen-bond acceptors (Lipinski definition) is 1. The molecular weight excluding hydrogens is 286 g/mol. The molecule has 0 heterocycles. The molecule has 0 radical (unpaired) electrons. The van der Waals surface area contributed by atoms with E-state index in [9.17, 15) is 13.2 Å². The average molecular weight is 286 g/mol. The molecule has 1 unspecified atom stereocenters. The van der Waals surface area contributed by atoms with Gasteiger partial charge in [0.05, 0.1) is 0 Å². The normalized spacial score (nSPS) is 19.0. The Bertz CT molecular complexity index is 160. The quantitative estimate of drug-likeness (QED) is 0.697. The summed E-state index contributed by atoms with van der Waals surface area (Å²) in [5.74, 6) is 0. The molecule has 0 aromatic heterocycles. The highest BCUT2D eigenvalue weighted by atomic mass is 35.6. The van der Waals surface area contributed by atoms with Crippen molar-refractivity contribution in [1.82, 2.24) is 0 Å². The lowest BCUT2D eigenvalue weighted by molar-refractivity contribution is -0.250. The van der Waals surface area contributed by atoms with Crippen LogP contribution in [0, 0.1) is 0 Å². The molecule has 0 saturated heterocycles. The van der Waals surface area contributed by atoms with E-state index in [1.54, 1.807) is 0 Å². The minimum absolute atomic E-state index is 2.87. The zero-order chi connectivity index (χ0) is 10.2. The first-order chi connectivity index (χ1) is 4.96. The third-order valence-corrected chi connectivity index (χ3v) is 2.03. The van der Waals surface area contributed by atoms with Gasteiger partial charge in [-0.15, -0.1) is 0 Å². The minimum Gasteiger partial charge on any atom is -0.252 e. The van der Waals surface area contributed by atoms with E-state index in [0.29, 0.717) is 0 Å². The third-order valence-electron chi connectivity index (χ3n) is 0.574. The van der Waals surface area contributed by atoms with Crippen LogP contribution < -0.4 is 0 Å². The minimum atomic E-state index is -4.35. The van der Waals surface area contributed by atoms with E-state index in [2.05, 4.69) is 27.9 Å². The van der Waals surface area contributed by atoms with Gasteiger partial charge in [0.25, 0.3) is 3.79 Å². The van der Waals surface area contributed by atoms with E-state index < -0.39 is 14.7 Å². The zero-order valence-electron chi connectivity index (χ0n) is 4.93. The summed E-state index contributed by atoms with van der Waals surface area (Å²) < 4.78 is 36.5. The van der Waals surface area contributed by atoms with Crippen LogP contribution in [0.3, 0.4) is 0 Å². The molecule has 0 N–H and O–H groups in total. The van der Waals surface area contributed by atoms with E-state index in [0.717, 1.165) is 0 Å².